The van der Waals surface area contributed by atoms with Gasteiger partial charge < -0.3 is 13.9 Å². The molecule has 0 amide bonds. The highest BCUT2D eigenvalue weighted by molar-refractivity contribution is 6.35. The molecule has 1 aliphatic carbocycles. The summed E-state index contributed by atoms with van der Waals surface area (Å²) >= 11 is 6.11. The number of fused-ring (bicyclic) bond motifs is 1. The molecule has 3 aromatic rings. The number of furan rings is 1. The van der Waals surface area contributed by atoms with E-state index < -0.39 is 6.01 Å². The number of halogens is 2. The van der Waals surface area contributed by atoms with Gasteiger partial charge in [-0.1, -0.05) is 29.8 Å². The highest BCUT2D eigenvalue weighted by atomic mass is 35.5. The molecule has 0 saturated carbocycles. The zero-order chi connectivity index (χ0) is 21.8. The first-order chi connectivity index (χ1) is 15.0. The fraction of sp³-hybridized carbons (Fsp3) is 0.333. The van der Waals surface area contributed by atoms with Crippen LogP contribution < -0.4 is 4.74 Å². The summed E-state index contributed by atoms with van der Waals surface area (Å²) in [4.78, 5) is 16.3. The molecule has 1 aromatic carbocycles. The Balaban J connectivity index is 1.42. The normalized spacial score (nSPS) is 16.2. The predicted octanol–water partition coefficient (Wildman–Crippen LogP) is 6.34. The van der Waals surface area contributed by atoms with Crippen molar-refractivity contribution in [2.45, 2.75) is 39.2 Å². The van der Waals surface area contributed by atoms with Crippen LogP contribution in [0.1, 0.15) is 43.9 Å². The van der Waals surface area contributed by atoms with Gasteiger partial charge in [-0.25, -0.2) is 4.98 Å². The smallest absolute Gasteiger partial charge is 0.306 e. The van der Waals surface area contributed by atoms with Crippen LogP contribution in [0.5, 0.6) is 5.88 Å². The van der Waals surface area contributed by atoms with Crippen LogP contribution in [-0.4, -0.2) is 17.6 Å². The van der Waals surface area contributed by atoms with Crippen LogP contribution >= 0.6 is 11.6 Å². The lowest BCUT2D eigenvalue weighted by Crippen LogP contribution is -2.14. The van der Waals surface area contributed by atoms with Crippen LogP contribution in [0, 0.1) is 11.9 Å². The summed E-state index contributed by atoms with van der Waals surface area (Å²) in [5, 5.41) is 0.948. The topological polar surface area (TPSA) is 61.6 Å². The van der Waals surface area contributed by atoms with Gasteiger partial charge in [-0.05, 0) is 49.8 Å². The van der Waals surface area contributed by atoms with E-state index in [1.54, 1.807) is 18.2 Å². The lowest BCUT2D eigenvalue weighted by Gasteiger charge is -2.21. The van der Waals surface area contributed by atoms with Crippen LogP contribution in [0.15, 0.2) is 46.9 Å². The largest absolute Gasteiger partial charge is 0.473 e. The van der Waals surface area contributed by atoms with Crippen molar-refractivity contribution in [2.24, 2.45) is 5.92 Å². The number of hydrogen-bond acceptors (Lipinski definition) is 5. The summed E-state index contributed by atoms with van der Waals surface area (Å²) in [6.07, 6.45) is 5.20. The third-order valence-corrected chi connectivity index (χ3v) is 5.72. The van der Waals surface area contributed by atoms with Crippen molar-refractivity contribution in [1.82, 2.24) is 4.98 Å². The molecular formula is C24H23ClFNO4. The number of carbonyl (C=O) groups excluding carboxylic acids is 1. The molecule has 0 spiro atoms. The summed E-state index contributed by atoms with van der Waals surface area (Å²) in [6, 6.07) is 9.66. The maximum Gasteiger partial charge on any atom is 0.306 e. The third-order valence-electron chi connectivity index (χ3n) is 5.39. The van der Waals surface area contributed by atoms with Gasteiger partial charge >= 0.3 is 5.97 Å². The van der Waals surface area contributed by atoms with Crippen LogP contribution in [-0.2, 0) is 16.1 Å². The minimum absolute atomic E-state index is 0.134. The fourth-order valence-electron chi connectivity index (χ4n) is 3.82. The van der Waals surface area contributed by atoms with Gasteiger partial charge in [0.15, 0.2) is 0 Å². The molecule has 162 valence electrons. The molecule has 4 rings (SSSR count). The zero-order valence-corrected chi connectivity index (χ0v) is 18.0. The second-order valence-electron chi connectivity index (χ2n) is 7.53. The maximum absolute atomic E-state index is 13.5. The molecule has 1 aliphatic rings. The molecular weight excluding hydrogens is 421 g/mol. The van der Waals surface area contributed by atoms with Crippen molar-refractivity contribution in [3.05, 3.63) is 64.8 Å². The first-order valence-corrected chi connectivity index (χ1v) is 10.7. The van der Waals surface area contributed by atoms with Crippen molar-refractivity contribution in [3.63, 3.8) is 0 Å². The number of carbonyl (C=O) groups is 1. The highest BCUT2D eigenvalue weighted by Crippen LogP contribution is 2.33. The molecule has 0 aliphatic heterocycles. The summed E-state index contributed by atoms with van der Waals surface area (Å²) in [6.45, 7) is 2.41. The molecule has 0 saturated heterocycles. The molecule has 0 bridgehead atoms. The molecule has 7 heteroatoms. The van der Waals surface area contributed by atoms with Crippen LogP contribution in [0.25, 0.3) is 16.5 Å². The monoisotopic (exact) mass is 443 g/mol. The molecule has 0 N–H and O–H groups in total. The lowest BCUT2D eigenvalue weighted by molar-refractivity contribution is -0.144. The molecule has 1 unspecified atom stereocenters. The Labute approximate surface area is 184 Å². The van der Waals surface area contributed by atoms with Crippen LogP contribution in [0.2, 0.25) is 5.02 Å². The second kappa shape index (κ2) is 9.52. The number of ether oxygens (including phenoxy) is 2. The summed E-state index contributed by atoms with van der Waals surface area (Å²) in [7, 11) is 0. The van der Waals surface area contributed by atoms with E-state index in [4.69, 9.17) is 25.5 Å². The molecule has 2 heterocycles. The van der Waals surface area contributed by atoms with E-state index in [1.807, 2.05) is 19.1 Å². The quantitative estimate of drug-likeness (QED) is 0.399. The highest BCUT2D eigenvalue weighted by Gasteiger charge is 2.20. The third kappa shape index (κ3) is 5.07. The van der Waals surface area contributed by atoms with Gasteiger partial charge in [-0.2, -0.15) is 4.39 Å². The van der Waals surface area contributed by atoms with Gasteiger partial charge in [0.25, 0.3) is 6.01 Å². The molecule has 5 nitrogen and oxygen atoms in total. The number of nitrogens with zero attached hydrogens (tertiary/aromatic N) is 1. The molecule has 1 atom stereocenters. The SMILES string of the molecule is CCOC(=O)CC1CC=C(c2cccc(OCc3ccc(Cl)c4cc(F)oc34)n2)CC1. The number of hydrogen-bond donors (Lipinski definition) is 0. The Morgan fingerprint density at radius 2 is 2.19 bits per heavy atom. The lowest BCUT2D eigenvalue weighted by atomic mass is 9.86. The Bertz CT molecular complexity index is 1120. The molecule has 0 radical (unpaired) electrons. The van der Waals surface area contributed by atoms with Gasteiger partial charge in [0.2, 0.25) is 5.88 Å². The Morgan fingerprint density at radius 1 is 1.32 bits per heavy atom. The van der Waals surface area contributed by atoms with Gasteiger partial charge in [0, 0.05) is 29.5 Å². The van der Waals surface area contributed by atoms with E-state index in [2.05, 4.69) is 11.1 Å². The number of allylic oxidation sites excluding steroid dienone is 2. The number of pyridine rings is 1. The van der Waals surface area contributed by atoms with Gasteiger partial charge in [-0.3, -0.25) is 4.79 Å². The Morgan fingerprint density at radius 3 is 2.97 bits per heavy atom. The van der Waals surface area contributed by atoms with Crippen molar-refractivity contribution < 1.29 is 23.1 Å². The standard InChI is InChI=1S/C24H23ClFNO4/c1-2-29-23(28)12-15-6-8-16(9-7-15)20-4-3-5-22(27-20)30-14-17-10-11-19(25)18-13-21(26)31-24(17)18/h3-5,8,10-11,13,15H,2,6-7,9,12,14H2,1H3. The first-order valence-electron chi connectivity index (χ1n) is 10.3. The number of rotatable bonds is 7. The maximum atomic E-state index is 13.5. The Kier molecular flexibility index (Phi) is 6.56. The first kappa shape index (κ1) is 21.4. The number of benzene rings is 1. The van der Waals surface area contributed by atoms with E-state index in [-0.39, 0.29) is 12.6 Å². The second-order valence-corrected chi connectivity index (χ2v) is 7.94. The van der Waals surface area contributed by atoms with Gasteiger partial charge in [-0.15, -0.1) is 0 Å². The summed E-state index contributed by atoms with van der Waals surface area (Å²) in [5.74, 6) is 0.649. The van der Waals surface area contributed by atoms with E-state index in [0.29, 0.717) is 46.4 Å². The van der Waals surface area contributed by atoms with E-state index in [1.165, 1.54) is 6.07 Å². The molecule has 0 fully saturated rings. The predicted molar refractivity (Wildman–Crippen MR) is 116 cm³/mol. The minimum Gasteiger partial charge on any atom is -0.473 e. The zero-order valence-electron chi connectivity index (χ0n) is 17.2. The van der Waals surface area contributed by atoms with Crippen LogP contribution in [0.3, 0.4) is 0 Å². The van der Waals surface area contributed by atoms with Crippen molar-refractivity contribution in [2.75, 3.05) is 6.61 Å². The molecule has 2 aromatic heterocycles. The number of aromatic nitrogens is 1. The van der Waals surface area contributed by atoms with Crippen molar-refractivity contribution in [1.29, 1.82) is 0 Å². The molecule has 31 heavy (non-hydrogen) atoms. The van der Waals surface area contributed by atoms with E-state index in [0.717, 1.165) is 30.5 Å². The minimum atomic E-state index is -0.685. The average Bonchev–Trinajstić information content (AvgIpc) is 3.17. The van der Waals surface area contributed by atoms with Crippen LogP contribution in [0.4, 0.5) is 4.39 Å². The van der Waals surface area contributed by atoms with Gasteiger partial charge in [0.1, 0.15) is 12.2 Å². The average molecular weight is 444 g/mol. The van der Waals surface area contributed by atoms with E-state index in [9.17, 15) is 9.18 Å². The fourth-order valence-corrected chi connectivity index (χ4v) is 4.02. The Hall–Kier alpha value is -2.86. The number of esters is 1. The van der Waals surface area contributed by atoms with E-state index >= 15 is 0 Å². The summed E-state index contributed by atoms with van der Waals surface area (Å²) in [5.41, 5.74) is 3.07. The van der Waals surface area contributed by atoms with Gasteiger partial charge in [0.05, 0.1) is 17.3 Å². The van der Waals surface area contributed by atoms with Crippen molar-refractivity contribution >= 4 is 34.1 Å². The van der Waals surface area contributed by atoms with Crippen molar-refractivity contribution in [3.8, 4) is 5.88 Å². The summed E-state index contributed by atoms with van der Waals surface area (Å²) < 4.78 is 29.6.